The molecule has 2 aromatic rings. The van der Waals surface area contributed by atoms with Crippen molar-refractivity contribution in [2.75, 3.05) is 11.9 Å². The molecule has 4 heteroatoms. The summed E-state index contributed by atoms with van der Waals surface area (Å²) in [6.07, 6.45) is 4.99. The van der Waals surface area contributed by atoms with Crippen molar-refractivity contribution >= 4 is 17.3 Å². The highest BCUT2D eigenvalue weighted by molar-refractivity contribution is 5.92. The van der Waals surface area contributed by atoms with E-state index in [1.54, 1.807) is 12.3 Å². The molecule has 1 aromatic carbocycles. The highest BCUT2D eigenvalue weighted by Crippen LogP contribution is 2.23. The number of amides is 1. The first kappa shape index (κ1) is 17.0. The third-order valence-corrected chi connectivity index (χ3v) is 3.81. The van der Waals surface area contributed by atoms with Crippen LogP contribution in [0.3, 0.4) is 0 Å². The summed E-state index contributed by atoms with van der Waals surface area (Å²) >= 11 is 0. The van der Waals surface area contributed by atoms with E-state index >= 15 is 0 Å². The minimum absolute atomic E-state index is 0.111. The molecule has 0 radical (unpaired) electrons. The van der Waals surface area contributed by atoms with Gasteiger partial charge in [-0.05, 0) is 43.5 Å². The number of nitrogens with one attached hydrogen (secondary N) is 2. The van der Waals surface area contributed by atoms with Crippen molar-refractivity contribution < 1.29 is 4.79 Å². The fourth-order valence-electron chi connectivity index (χ4n) is 2.43. The molecule has 2 rings (SSSR count). The van der Waals surface area contributed by atoms with Gasteiger partial charge in [-0.25, -0.2) is 4.98 Å². The lowest BCUT2D eigenvalue weighted by Gasteiger charge is -2.12. The zero-order valence-corrected chi connectivity index (χ0v) is 14.1. The van der Waals surface area contributed by atoms with Crippen LogP contribution in [0, 0.1) is 13.8 Å². The summed E-state index contributed by atoms with van der Waals surface area (Å²) in [6, 6.07) is 9.83. The van der Waals surface area contributed by atoms with Crippen LogP contribution in [0.2, 0.25) is 0 Å². The molecular formula is C19H25N3O. The number of nitrogens with zero attached hydrogens (tertiary/aromatic N) is 1. The molecule has 0 atom stereocenters. The van der Waals surface area contributed by atoms with E-state index in [4.69, 9.17) is 0 Å². The molecule has 0 saturated heterocycles. The van der Waals surface area contributed by atoms with Gasteiger partial charge < -0.3 is 10.6 Å². The van der Waals surface area contributed by atoms with Crippen LogP contribution in [0.25, 0.3) is 0 Å². The highest BCUT2D eigenvalue weighted by atomic mass is 16.1. The Morgan fingerprint density at radius 3 is 2.43 bits per heavy atom. The summed E-state index contributed by atoms with van der Waals surface area (Å²) in [7, 11) is 0. The van der Waals surface area contributed by atoms with E-state index in [1.807, 2.05) is 12.1 Å². The van der Waals surface area contributed by atoms with Gasteiger partial charge in [0.15, 0.2) is 0 Å². The lowest BCUT2D eigenvalue weighted by molar-refractivity contribution is 0.0948. The summed E-state index contributed by atoms with van der Waals surface area (Å²) in [5.41, 5.74) is 4.79. The Hall–Kier alpha value is -2.36. The molecule has 0 aliphatic carbocycles. The van der Waals surface area contributed by atoms with Crippen molar-refractivity contribution in [1.29, 1.82) is 0 Å². The van der Waals surface area contributed by atoms with E-state index in [9.17, 15) is 4.79 Å². The van der Waals surface area contributed by atoms with E-state index in [0.29, 0.717) is 12.2 Å². The Balaban J connectivity index is 1.98. The molecule has 0 unspecified atom stereocenters. The third-order valence-electron chi connectivity index (χ3n) is 3.81. The fraction of sp³-hybridized carbons (Fsp3) is 0.368. The van der Waals surface area contributed by atoms with Gasteiger partial charge in [-0.2, -0.15) is 0 Å². The second-order valence-corrected chi connectivity index (χ2v) is 5.79. The Morgan fingerprint density at radius 2 is 1.83 bits per heavy atom. The number of para-hydroxylation sites is 1. The van der Waals surface area contributed by atoms with Crippen LogP contribution in [-0.4, -0.2) is 17.4 Å². The van der Waals surface area contributed by atoms with E-state index in [1.165, 1.54) is 11.1 Å². The van der Waals surface area contributed by atoms with Gasteiger partial charge >= 0.3 is 0 Å². The Bertz CT molecular complexity index is 630. The number of hydrogen-bond donors (Lipinski definition) is 2. The van der Waals surface area contributed by atoms with Gasteiger partial charge in [-0.15, -0.1) is 0 Å². The average Bonchev–Trinajstić information content (AvgIpc) is 2.55. The van der Waals surface area contributed by atoms with Crippen molar-refractivity contribution in [1.82, 2.24) is 10.3 Å². The van der Waals surface area contributed by atoms with E-state index in [2.05, 4.69) is 48.5 Å². The van der Waals surface area contributed by atoms with Crippen LogP contribution in [0.15, 0.2) is 36.5 Å². The maximum Gasteiger partial charge on any atom is 0.269 e. The highest BCUT2D eigenvalue weighted by Gasteiger charge is 2.07. The minimum atomic E-state index is -0.111. The second kappa shape index (κ2) is 8.32. The number of benzene rings is 1. The smallest absolute Gasteiger partial charge is 0.269 e. The molecule has 0 fully saturated rings. The standard InChI is InChI=1S/C19H25N3O/c1-4-5-6-12-20-19(23)17-11-10-16(13-21-17)22-18-14(2)8-7-9-15(18)3/h7-11,13,22H,4-6,12H2,1-3H3,(H,20,23). The molecule has 0 aliphatic rings. The topological polar surface area (TPSA) is 54.0 Å². The zero-order valence-electron chi connectivity index (χ0n) is 14.1. The molecule has 4 nitrogen and oxygen atoms in total. The molecule has 1 amide bonds. The number of carbonyl (C=O) groups is 1. The van der Waals surface area contributed by atoms with Crippen LogP contribution in [0.5, 0.6) is 0 Å². The predicted molar refractivity (Wildman–Crippen MR) is 95.3 cm³/mol. The number of hydrogen-bond acceptors (Lipinski definition) is 3. The van der Waals surface area contributed by atoms with Crippen LogP contribution in [-0.2, 0) is 0 Å². The molecule has 1 heterocycles. The van der Waals surface area contributed by atoms with Gasteiger partial charge in [0.25, 0.3) is 5.91 Å². The number of unbranched alkanes of at least 4 members (excludes halogenated alkanes) is 2. The fourth-order valence-corrected chi connectivity index (χ4v) is 2.43. The van der Waals surface area contributed by atoms with Crippen LogP contribution in [0.4, 0.5) is 11.4 Å². The SMILES string of the molecule is CCCCCNC(=O)c1ccc(Nc2c(C)cccc2C)cn1. The van der Waals surface area contributed by atoms with Gasteiger partial charge in [-0.3, -0.25) is 4.79 Å². The predicted octanol–water partition coefficient (Wildman–Crippen LogP) is 4.36. The van der Waals surface area contributed by atoms with Crippen molar-refractivity contribution in [2.24, 2.45) is 0 Å². The first-order valence-corrected chi connectivity index (χ1v) is 8.19. The number of pyridine rings is 1. The summed E-state index contributed by atoms with van der Waals surface area (Å²) in [5.74, 6) is -0.111. The molecule has 23 heavy (non-hydrogen) atoms. The molecular weight excluding hydrogens is 286 g/mol. The van der Waals surface area contributed by atoms with Crippen molar-refractivity contribution in [3.05, 3.63) is 53.3 Å². The number of aryl methyl sites for hydroxylation is 2. The molecule has 0 bridgehead atoms. The summed E-state index contributed by atoms with van der Waals surface area (Å²) in [6.45, 7) is 6.99. The molecule has 1 aromatic heterocycles. The summed E-state index contributed by atoms with van der Waals surface area (Å²) < 4.78 is 0. The van der Waals surface area contributed by atoms with Gasteiger partial charge in [0.1, 0.15) is 5.69 Å². The Labute approximate surface area is 138 Å². The van der Waals surface area contributed by atoms with Gasteiger partial charge in [-0.1, -0.05) is 38.0 Å². The zero-order chi connectivity index (χ0) is 16.7. The van der Waals surface area contributed by atoms with Crippen molar-refractivity contribution in [3.8, 4) is 0 Å². The van der Waals surface area contributed by atoms with Gasteiger partial charge in [0.05, 0.1) is 11.9 Å². The number of aromatic nitrogens is 1. The van der Waals surface area contributed by atoms with Crippen molar-refractivity contribution in [2.45, 2.75) is 40.0 Å². The van der Waals surface area contributed by atoms with Crippen LogP contribution >= 0.6 is 0 Å². The lowest BCUT2D eigenvalue weighted by Crippen LogP contribution is -2.25. The van der Waals surface area contributed by atoms with Gasteiger partial charge in [0.2, 0.25) is 0 Å². The van der Waals surface area contributed by atoms with Gasteiger partial charge in [0, 0.05) is 12.2 Å². The number of carbonyl (C=O) groups excluding carboxylic acids is 1. The van der Waals surface area contributed by atoms with Crippen LogP contribution < -0.4 is 10.6 Å². The normalized spacial score (nSPS) is 10.4. The molecule has 0 spiro atoms. The molecule has 0 aliphatic heterocycles. The summed E-state index contributed by atoms with van der Waals surface area (Å²) in [5, 5.41) is 6.27. The quantitative estimate of drug-likeness (QED) is 0.747. The maximum atomic E-state index is 12.0. The largest absolute Gasteiger partial charge is 0.354 e. The van der Waals surface area contributed by atoms with E-state index in [-0.39, 0.29) is 5.91 Å². The first-order valence-electron chi connectivity index (χ1n) is 8.19. The minimum Gasteiger partial charge on any atom is -0.354 e. The molecule has 122 valence electrons. The average molecular weight is 311 g/mol. The maximum absolute atomic E-state index is 12.0. The number of rotatable bonds is 7. The van der Waals surface area contributed by atoms with E-state index < -0.39 is 0 Å². The van der Waals surface area contributed by atoms with E-state index in [0.717, 1.165) is 30.6 Å². The summed E-state index contributed by atoms with van der Waals surface area (Å²) in [4.78, 5) is 16.3. The third kappa shape index (κ3) is 4.81. The number of anilines is 2. The molecule has 2 N–H and O–H groups in total. The first-order chi connectivity index (χ1) is 11.1. The van der Waals surface area contributed by atoms with Crippen molar-refractivity contribution in [3.63, 3.8) is 0 Å². The monoisotopic (exact) mass is 311 g/mol. The second-order valence-electron chi connectivity index (χ2n) is 5.79. The Kier molecular flexibility index (Phi) is 6.15. The molecule has 0 saturated carbocycles. The lowest BCUT2D eigenvalue weighted by atomic mass is 10.1. The Morgan fingerprint density at radius 1 is 1.09 bits per heavy atom. The van der Waals surface area contributed by atoms with Crippen LogP contribution in [0.1, 0.15) is 47.8 Å².